The number of halogens is 3. The van der Waals surface area contributed by atoms with Crippen LogP contribution in [0.2, 0.25) is 0 Å². The molecule has 0 fully saturated rings. The van der Waals surface area contributed by atoms with Crippen molar-refractivity contribution < 1.29 is 14.0 Å². The van der Waals surface area contributed by atoms with E-state index in [0.29, 0.717) is 30.7 Å². The van der Waals surface area contributed by atoms with Crippen molar-refractivity contribution in [1.82, 2.24) is 0 Å². The highest BCUT2D eigenvalue weighted by Crippen LogP contribution is 2.45. The van der Waals surface area contributed by atoms with Gasteiger partial charge in [0.2, 0.25) is 5.78 Å². The molecule has 1 aliphatic carbocycles. The summed E-state index contributed by atoms with van der Waals surface area (Å²) in [4.78, 5) is 25.8. The van der Waals surface area contributed by atoms with Gasteiger partial charge >= 0.3 is 0 Å². The molecule has 0 radical (unpaired) electrons. The Labute approximate surface area is 158 Å². The molecule has 0 aromatic carbocycles. The monoisotopic (exact) mass is 478 g/mol. The molecule has 0 saturated carbocycles. The van der Waals surface area contributed by atoms with Crippen molar-refractivity contribution in [2.24, 2.45) is 0 Å². The fourth-order valence-corrected chi connectivity index (χ4v) is 6.96. The lowest BCUT2D eigenvalue weighted by atomic mass is 9.88. The van der Waals surface area contributed by atoms with Crippen LogP contribution < -0.4 is 0 Å². The summed E-state index contributed by atoms with van der Waals surface area (Å²) in [5.74, 6) is -0.499. The molecule has 0 spiro atoms. The summed E-state index contributed by atoms with van der Waals surface area (Å²) in [6, 6.07) is 0. The van der Waals surface area contributed by atoms with Crippen LogP contribution in [-0.4, -0.2) is 11.6 Å². The molecule has 0 saturated heterocycles. The fraction of sp³-hybridized carbons (Fsp3) is 0.375. The second kappa shape index (κ2) is 6.86. The second-order valence-corrected chi connectivity index (χ2v) is 10.1. The van der Waals surface area contributed by atoms with Gasteiger partial charge in [-0.05, 0) is 44.7 Å². The minimum Gasteiger partial charge on any atom is -0.288 e. The summed E-state index contributed by atoms with van der Waals surface area (Å²) in [5, 5.41) is -0.394. The first-order chi connectivity index (χ1) is 11.0. The molecule has 0 N–H and O–H groups in total. The molecule has 3 rings (SSSR count). The summed E-state index contributed by atoms with van der Waals surface area (Å²) in [5.41, 5.74) is 1.43. The van der Waals surface area contributed by atoms with E-state index >= 15 is 0 Å². The fourth-order valence-electron chi connectivity index (χ4n) is 2.81. The maximum atomic E-state index is 14.4. The Kier molecular flexibility index (Phi) is 5.21. The van der Waals surface area contributed by atoms with Gasteiger partial charge in [-0.15, -0.1) is 22.7 Å². The average Bonchev–Trinajstić information content (AvgIpc) is 2.99. The van der Waals surface area contributed by atoms with Crippen LogP contribution in [0.3, 0.4) is 0 Å². The normalized spacial score (nSPS) is 13.4. The zero-order valence-corrected chi connectivity index (χ0v) is 17.1. The number of rotatable bonds is 5. The number of fused-ring (bicyclic) bond motifs is 2. The molecule has 7 heteroatoms. The molecule has 0 bridgehead atoms. The standard InChI is InChI=1S/C16H13Br2FO2S2/c1-2-3-4-5-6-7-8-11(20)9-10(15(18)23-14(9)17)12(21)13(8)22-16(7)19/h2-6H2,1H3. The first kappa shape index (κ1) is 17.5. The maximum absolute atomic E-state index is 14.4. The predicted molar refractivity (Wildman–Crippen MR) is 98.7 cm³/mol. The number of ketones is 2. The molecular formula is C16H13Br2FO2S2. The van der Waals surface area contributed by atoms with Crippen molar-refractivity contribution in [3.63, 3.8) is 0 Å². The quantitative estimate of drug-likeness (QED) is 0.398. The van der Waals surface area contributed by atoms with Crippen molar-refractivity contribution in [1.29, 1.82) is 0 Å². The molecule has 2 aromatic heterocycles. The van der Waals surface area contributed by atoms with Gasteiger partial charge in [-0.3, -0.25) is 9.59 Å². The summed E-state index contributed by atoms with van der Waals surface area (Å²) in [6.45, 7) is 2.11. The molecule has 0 atom stereocenters. The minimum atomic E-state index is -0.394. The number of hydrogen-bond acceptors (Lipinski definition) is 4. The van der Waals surface area contributed by atoms with Crippen molar-refractivity contribution >= 4 is 66.1 Å². The van der Waals surface area contributed by atoms with Gasteiger partial charge in [0.1, 0.15) is 0 Å². The van der Waals surface area contributed by atoms with Crippen LogP contribution in [0.1, 0.15) is 69.3 Å². The highest BCUT2D eigenvalue weighted by atomic mass is 79.9. The highest BCUT2D eigenvalue weighted by Gasteiger charge is 2.39. The van der Waals surface area contributed by atoms with Crippen LogP contribution in [0, 0.1) is 5.13 Å². The molecule has 2 heterocycles. The third-order valence-electron chi connectivity index (χ3n) is 3.95. The molecule has 0 unspecified atom stereocenters. The Morgan fingerprint density at radius 2 is 1.57 bits per heavy atom. The van der Waals surface area contributed by atoms with Gasteiger partial charge in [-0.1, -0.05) is 26.2 Å². The maximum Gasteiger partial charge on any atom is 0.206 e. The number of thiophene rings is 2. The van der Waals surface area contributed by atoms with Crippen molar-refractivity contribution in [3.05, 3.63) is 39.8 Å². The largest absolute Gasteiger partial charge is 0.288 e. The molecule has 1 aliphatic rings. The predicted octanol–water partition coefficient (Wildman–Crippen LogP) is 6.37. The topological polar surface area (TPSA) is 34.1 Å². The lowest BCUT2D eigenvalue weighted by Crippen LogP contribution is -2.19. The molecule has 23 heavy (non-hydrogen) atoms. The van der Waals surface area contributed by atoms with Crippen LogP contribution in [0.25, 0.3) is 0 Å². The van der Waals surface area contributed by atoms with E-state index in [9.17, 15) is 14.0 Å². The third kappa shape index (κ3) is 2.90. The Hall–Kier alpha value is -0.370. The van der Waals surface area contributed by atoms with Crippen LogP contribution in [0.5, 0.6) is 0 Å². The number of unbranched alkanes of at least 4 members (excludes halogenated alkanes) is 3. The number of carbonyl (C=O) groups is 2. The first-order valence-corrected chi connectivity index (χ1v) is 10.6. The van der Waals surface area contributed by atoms with Gasteiger partial charge in [0.05, 0.1) is 29.1 Å². The lowest BCUT2D eigenvalue weighted by molar-refractivity contribution is 0.0981. The van der Waals surface area contributed by atoms with Crippen molar-refractivity contribution in [2.45, 2.75) is 39.0 Å². The lowest BCUT2D eigenvalue weighted by Gasteiger charge is -2.13. The van der Waals surface area contributed by atoms with Crippen LogP contribution >= 0.6 is 54.5 Å². The van der Waals surface area contributed by atoms with Crippen LogP contribution in [0.15, 0.2) is 7.57 Å². The average molecular weight is 480 g/mol. The third-order valence-corrected chi connectivity index (χ3v) is 7.50. The minimum absolute atomic E-state index is 0.242. The van der Waals surface area contributed by atoms with Gasteiger partial charge in [0.15, 0.2) is 10.9 Å². The molecule has 122 valence electrons. The van der Waals surface area contributed by atoms with Crippen LogP contribution in [0.4, 0.5) is 4.39 Å². The smallest absolute Gasteiger partial charge is 0.206 e. The van der Waals surface area contributed by atoms with E-state index in [2.05, 4.69) is 38.8 Å². The van der Waals surface area contributed by atoms with Crippen molar-refractivity contribution in [3.8, 4) is 0 Å². The van der Waals surface area contributed by atoms with E-state index in [-0.39, 0.29) is 22.0 Å². The Morgan fingerprint density at radius 3 is 2.22 bits per heavy atom. The van der Waals surface area contributed by atoms with Crippen molar-refractivity contribution in [2.75, 3.05) is 0 Å². The zero-order valence-electron chi connectivity index (χ0n) is 12.3. The molecule has 0 amide bonds. The van der Waals surface area contributed by atoms with E-state index in [1.165, 1.54) is 11.3 Å². The molecule has 2 nitrogen and oxygen atoms in total. The second-order valence-electron chi connectivity index (χ2n) is 5.43. The van der Waals surface area contributed by atoms with E-state index < -0.39 is 5.13 Å². The van der Waals surface area contributed by atoms with Gasteiger partial charge in [-0.25, -0.2) is 0 Å². The van der Waals surface area contributed by atoms with Gasteiger partial charge < -0.3 is 0 Å². The summed E-state index contributed by atoms with van der Waals surface area (Å²) < 4.78 is 15.6. The summed E-state index contributed by atoms with van der Waals surface area (Å²) in [7, 11) is 0. The summed E-state index contributed by atoms with van der Waals surface area (Å²) >= 11 is 8.79. The SMILES string of the molecule is CCCCCCc1c(F)sc2c1C(=O)c1c(Br)sc(Br)c1C2=O. The van der Waals surface area contributed by atoms with Gasteiger partial charge in [0.25, 0.3) is 0 Å². The van der Waals surface area contributed by atoms with E-state index in [0.717, 1.165) is 37.0 Å². The Bertz CT molecular complexity index is 808. The molecular weight excluding hydrogens is 467 g/mol. The zero-order chi connectivity index (χ0) is 16.7. The van der Waals surface area contributed by atoms with Gasteiger partial charge in [-0.2, -0.15) is 4.39 Å². The number of carbonyl (C=O) groups excluding carboxylic acids is 2. The van der Waals surface area contributed by atoms with E-state index in [1.54, 1.807) is 0 Å². The van der Waals surface area contributed by atoms with Gasteiger partial charge in [0, 0.05) is 5.56 Å². The molecule has 0 aliphatic heterocycles. The van der Waals surface area contributed by atoms with E-state index in [1.807, 2.05) is 0 Å². The highest BCUT2D eigenvalue weighted by molar-refractivity contribution is 9.12. The summed E-state index contributed by atoms with van der Waals surface area (Å²) in [6.07, 6.45) is 4.53. The van der Waals surface area contributed by atoms with Crippen LogP contribution in [-0.2, 0) is 6.42 Å². The Balaban J connectivity index is 2.03. The molecule has 2 aromatic rings. The first-order valence-electron chi connectivity index (χ1n) is 7.35. The number of hydrogen-bond donors (Lipinski definition) is 0. The Morgan fingerprint density at radius 1 is 0.913 bits per heavy atom. The van der Waals surface area contributed by atoms with E-state index in [4.69, 9.17) is 0 Å².